The van der Waals surface area contributed by atoms with E-state index in [1.54, 1.807) is 0 Å². The lowest BCUT2D eigenvalue weighted by Gasteiger charge is -2.35. The van der Waals surface area contributed by atoms with Crippen molar-refractivity contribution >= 4 is 17.5 Å². The molecule has 0 radical (unpaired) electrons. The Kier molecular flexibility index (Phi) is 6.67. The van der Waals surface area contributed by atoms with Gasteiger partial charge in [0.15, 0.2) is 11.6 Å². The fraction of sp³-hybridized carbons (Fsp3) is 0.522. The van der Waals surface area contributed by atoms with E-state index in [4.69, 9.17) is 4.74 Å². The molecule has 0 atom stereocenters. The van der Waals surface area contributed by atoms with Gasteiger partial charge in [0, 0.05) is 44.8 Å². The highest BCUT2D eigenvalue weighted by atomic mass is 16.5. The molecule has 0 N–H and O–H groups in total. The summed E-state index contributed by atoms with van der Waals surface area (Å²) < 4.78 is 5.45. The highest BCUT2D eigenvalue weighted by Gasteiger charge is 2.23. The van der Waals surface area contributed by atoms with E-state index >= 15 is 0 Å². The zero-order chi connectivity index (χ0) is 20.8. The van der Waals surface area contributed by atoms with Crippen LogP contribution in [0.2, 0.25) is 0 Å². The Hall–Kier alpha value is -2.83. The first-order chi connectivity index (χ1) is 14.7. The van der Waals surface area contributed by atoms with Crippen molar-refractivity contribution in [3.05, 3.63) is 42.0 Å². The van der Waals surface area contributed by atoms with Gasteiger partial charge in [0.1, 0.15) is 5.75 Å². The lowest BCUT2D eigenvalue weighted by atomic mass is 10.1. The first-order valence-corrected chi connectivity index (χ1v) is 11.1. The molecule has 2 saturated heterocycles. The first kappa shape index (κ1) is 20.4. The van der Waals surface area contributed by atoms with Gasteiger partial charge in [-0.1, -0.05) is 12.8 Å². The van der Waals surface area contributed by atoms with Crippen LogP contribution in [0, 0.1) is 0 Å². The minimum Gasteiger partial charge on any atom is -0.494 e. The normalized spacial score (nSPS) is 17.6. The Morgan fingerprint density at radius 2 is 1.37 bits per heavy atom. The van der Waals surface area contributed by atoms with Gasteiger partial charge in [0.25, 0.3) is 5.91 Å². The highest BCUT2D eigenvalue weighted by Crippen LogP contribution is 2.20. The number of hydrogen-bond donors (Lipinski definition) is 0. The number of amides is 1. The van der Waals surface area contributed by atoms with Crippen LogP contribution in [0.4, 0.5) is 11.6 Å². The lowest BCUT2D eigenvalue weighted by molar-refractivity contribution is 0.0746. The molecular formula is C23H31N5O2. The number of carbonyl (C=O) groups is 1. The minimum absolute atomic E-state index is 0.0697. The predicted molar refractivity (Wildman–Crippen MR) is 118 cm³/mol. The van der Waals surface area contributed by atoms with Gasteiger partial charge < -0.3 is 19.4 Å². The lowest BCUT2D eigenvalue weighted by Crippen LogP contribution is -2.49. The van der Waals surface area contributed by atoms with Gasteiger partial charge in [0.2, 0.25) is 0 Å². The van der Waals surface area contributed by atoms with E-state index in [1.807, 2.05) is 36.1 Å². The molecule has 0 spiro atoms. The quantitative estimate of drug-likeness (QED) is 0.756. The molecular weight excluding hydrogens is 378 g/mol. The van der Waals surface area contributed by atoms with E-state index in [1.165, 1.54) is 25.7 Å². The number of ether oxygens (including phenoxy) is 1. The van der Waals surface area contributed by atoms with Crippen molar-refractivity contribution in [1.29, 1.82) is 0 Å². The number of carbonyl (C=O) groups excluding carboxylic acids is 1. The third-order valence-corrected chi connectivity index (χ3v) is 5.87. The van der Waals surface area contributed by atoms with E-state index in [9.17, 15) is 4.79 Å². The smallest absolute Gasteiger partial charge is 0.253 e. The van der Waals surface area contributed by atoms with E-state index < -0.39 is 0 Å². The largest absolute Gasteiger partial charge is 0.494 e. The van der Waals surface area contributed by atoms with Crippen LogP contribution in [0.25, 0.3) is 0 Å². The predicted octanol–water partition coefficient (Wildman–Crippen LogP) is 3.22. The Labute approximate surface area is 178 Å². The molecule has 0 unspecified atom stereocenters. The summed E-state index contributed by atoms with van der Waals surface area (Å²) in [6.45, 7) is 7.60. The second kappa shape index (κ2) is 9.78. The third-order valence-electron chi connectivity index (χ3n) is 5.87. The van der Waals surface area contributed by atoms with Crippen LogP contribution >= 0.6 is 0 Å². The Morgan fingerprint density at radius 1 is 0.800 bits per heavy atom. The number of rotatable bonds is 5. The fourth-order valence-electron chi connectivity index (χ4n) is 4.14. The van der Waals surface area contributed by atoms with Crippen molar-refractivity contribution in [2.75, 3.05) is 55.7 Å². The molecule has 160 valence electrons. The fourth-order valence-corrected chi connectivity index (χ4v) is 4.14. The van der Waals surface area contributed by atoms with Crippen molar-refractivity contribution in [3.8, 4) is 5.75 Å². The SMILES string of the molecule is CCOc1ccc(C(=O)N2CCN(c3ccc(N4CCCCCC4)nn3)CC2)cc1. The van der Waals surface area contributed by atoms with Crippen molar-refractivity contribution < 1.29 is 9.53 Å². The number of nitrogens with zero attached hydrogens (tertiary/aromatic N) is 5. The zero-order valence-corrected chi connectivity index (χ0v) is 17.8. The maximum Gasteiger partial charge on any atom is 0.253 e. The van der Waals surface area contributed by atoms with Crippen molar-refractivity contribution in [2.45, 2.75) is 32.6 Å². The average molecular weight is 410 g/mol. The van der Waals surface area contributed by atoms with Gasteiger partial charge in [-0.05, 0) is 56.2 Å². The number of benzene rings is 1. The molecule has 2 fully saturated rings. The molecule has 0 saturated carbocycles. The summed E-state index contributed by atoms with van der Waals surface area (Å²) in [5, 5.41) is 8.97. The standard InChI is InChI=1S/C23H31N5O2/c1-2-30-20-9-7-19(8-10-20)23(29)28-17-15-27(16-18-28)22-12-11-21(24-25-22)26-13-5-3-4-6-14-26/h7-12H,2-6,13-18H2,1H3. The summed E-state index contributed by atoms with van der Waals surface area (Å²) >= 11 is 0. The van der Waals surface area contributed by atoms with Crippen molar-refractivity contribution in [3.63, 3.8) is 0 Å². The van der Waals surface area contributed by atoms with Crippen LogP contribution in [-0.2, 0) is 0 Å². The van der Waals surface area contributed by atoms with E-state index in [0.29, 0.717) is 25.3 Å². The number of hydrogen-bond acceptors (Lipinski definition) is 6. The molecule has 3 heterocycles. The Bertz CT molecular complexity index is 808. The van der Waals surface area contributed by atoms with Gasteiger partial charge in [-0.25, -0.2) is 0 Å². The van der Waals surface area contributed by atoms with Crippen LogP contribution in [0.5, 0.6) is 5.75 Å². The molecule has 2 aliphatic rings. The number of anilines is 2. The summed E-state index contributed by atoms with van der Waals surface area (Å²) in [6, 6.07) is 11.5. The topological polar surface area (TPSA) is 61.8 Å². The molecule has 7 nitrogen and oxygen atoms in total. The van der Waals surface area contributed by atoms with Crippen LogP contribution in [0.1, 0.15) is 43.0 Å². The van der Waals surface area contributed by atoms with Crippen LogP contribution in [0.3, 0.4) is 0 Å². The molecule has 1 aromatic heterocycles. The Morgan fingerprint density at radius 3 is 1.90 bits per heavy atom. The van der Waals surface area contributed by atoms with Crippen LogP contribution in [-0.4, -0.2) is 66.9 Å². The molecule has 4 rings (SSSR count). The van der Waals surface area contributed by atoms with E-state index in [0.717, 1.165) is 43.6 Å². The second-order valence-corrected chi connectivity index (χ2v) is 7.89. The second-order valence-electron chi connectivity index (χ2n) is 7.89. The molecule has 0 aliphatic carbocycles. The summed E-state index contributed by atoms with van der Waals surface area (Å²) in [5.74, 6) is 2.73. The molecule has 2 aliphatic heterocycles. The third kappa shape index (κ3) is 4.83. The van der Waals surface area contributed by atoms with Crippen molar-refractivity contribution in [2.24, 2.45) is 0 Å². The molecule has 1 amide bonds. The zero-order valence-electron chi connectivity index (χ0n) is 17.8. The number of aromatic nitrogens is 2. The molecule has 30 heavy (non-hydrogen) atoms. The van der Waals surface area contributed by atoms with Gasteiger partial charge in [-0.3, -0.25) is 4.79 Å². The first-order valence-electron chi connectivity index (χ1n) is 11.1. The minimum atomic E-state index is 0.0697. The molecule has 1 aromatic carbocycles. The highest BCUT2D eigenvalue weighted by molar-refractivity contribution is 5.94. The average Bonchev–Trinajstić information content (AvgIpc) is 3.09. The van der Waals surface area contributed by atoms with E-state index in [2.05, 4.69) is 32.1 Å². The number of piperazine rings is 1. The van der Waals surface area contributed by atoms with Gasteiger partial charge in [-0.2, -0.15) is 0 Å². The summed E-state index contributed by atoms with van der Waals surface area (Å²) in [5.41, 5.74) is 0.702. The van der Waals surface area contributed by atoms with Gasteiger partial charge in [-0.15, -0.1) is 10.2 Å². The summed E-state index contributed by atoms with van der Waals surface area (Å²) in [4.78, 5) is 19.3. The molecule has 0 bridgehead atoms. The molecule has 2 aromatic rings. The Balaban J connectivity index is 1.32. The van der Waals surface area contributed by atoms with Gasteiger partial charge >= 0.3 is 0 Å². The maximum atomic E-state index is 12.8. The van der Waals surface area contributed by atoms with Crippen LogP contribution < -0.4 is 14.5 Å². The molecule has 7 heteroatoms. The monoisotopic (exact) mass is 409 g/mol. The summed E-state index contributed by atoms with van der Waals surface area (Å²) in [6.07, 6.45) is 5.07. The van der Waals surface area contributed by atoms with E-state index in [-0.39, 0.29) is 5.91 Å². The van der Waals surface area contributed by atoms with Crippen molar-refractivity contribution in [1.82, 2.24) is 15.1 Å². The van der Waals surface area contributed by atoms with Crippen LogP contribution in [0.15, 0.2) is 36.4 Å². The summed E-state index contributed by atoms with van der Waals surface area (Å²) in [7, 11) is 0. The van der Waals surface area contributed by atoms with Gasteiger partial charge in [0.05, 0.1) is 6.61 Å². The maximum absolute atomic E-state index is 12.8.